The molecule has 1 aliphatic heterocycles. The summed E-state index contributed by atoms with van der Waals surface area (Å²) in [7, 11) is 0. The minimum absolute atomic E-state index is 0.0401. The first-order valence-corrected chi connectivity index (χ1v) is 10.1. The normalized spacial score (nSPS) is 12.4. The maximum absolute atomic E-state index is 12.9. The fraction of sp³-hybridized carbons (Fsp3) is 0.111. The largest absolute Gasteiger partial charge is 0.306 e. The molecule has 1 aliphatic rings. The molecule has 12 heteroatoms. The number of thioether (sulfide) groups is 1. The predicted molar refractivity (Wildman–Crippen MR) is 111 cm³/mol. The SMILES string of the molecule is O=C(Nc1c2c(nn1-c1ccc([N+](=O)[O-])cc1)CSC2)c1cc([N+](=O)[O-])ccc1Cl. The van der Waals surface area contributed by atoms with E-state index in [2.05, 4.69) is 10.4 Å². The summed E-state index contributed by atoms with van der Waals surface area (Å²) in [6, 6.07) is 9.38. The number of nitro benzene ring substituents is 2. The molecule has 2 aromatic carbocycles. The molecule has 30 heavy (non-hydrogen) atoms. The number of nitro groups is 2. The average molecular weight is 446 g/mol. The molecule has 0 radical (unpaired) electrons. The lowest BCUT2D eigenvalue weighted by Gasteiger charge is -2.11. The van der Waals surface area contributed by atoms with Crippen LogP contribution in [-0.4, -0.2) is 25.5 Å². The van der Waals surface area contributed by atoms with Gasteiger partial charge in [0, 0.05) is 41.3 Å². The van der Waals surface area contributed by atoms with Gasteiger partial charge in [-0.1, -0.05) is 11.6 Å². The van der Waals surface area contributed by atoms with Crippen molar-refractivity contribution < 1.29 is 14.6 Å². The predicted octanol–water partition coefficient (Wildman–Crippen LogP) is 4.34. The number of carbonyl (C=O) groups excluding carboxylic acids is 1. The molecule has 152 valence electrons. The van der Waals surface area contributed by atoms with Crippen LogP contribution in [0, 0.1) is 20.2 Å². The van der Waals surface area contributed by atoms with Gasteiger partial charge in [-0.3, -0.25) is 25.0 Å². The molecule has 1 aromatic heterocycles. The molecule has 0 unspecified atom stereocenters. The Morgan fingerprint density at radius 2 is 1.73 bits per heavy atom. The van der Waals surface area contributed by atoms with E-state index in [1.54, 1.807) is 11.8 Å². The van der Waals surface area contributed by atoms with Gasteiger partial charge in [0.2, 0.25) is 0 Å². The van der Waals surface area contributed by atoms with Gasteiger partial charge in [0.1, 0.15) is 5.82 Å². The van der Waals surface area contributed by atoms with E-state index in [9.17, 15) is 25.0 Å². The van der Waals surface area contributed by atoms with E-state index in [0.717, 1.165) is 17.3 Å². The van der Waals surface area contributed by atoms with Crippen molar-refractivity contribution in [2.24, 2.45) is 0 Å². The van der Waals surface area contributed by atoms with E-state index >= 15 is 0 Å². The fourth-order valence-electron chi connectivity index (χ4n) is 3.02. The molecule has 0 bridgehead atoms. The summed E-state index contributed by atoms with van der Waals surface area (Å²) in [5, 5.41) is 29.3. The molecule has 3 aromatic rings. The molecule has 10 nitrogen and oxygen atoms in total. The Morgan fingerprint density at radius 3 is 2.40 bits per heavy atom. The molecule has 0 spiro atoms. The highest BCUT2D eigenvalue weighted by molar-refractivity contribution is 7.98. The van der Waals surface area contributed by atoms with Crippen LogP contribution in [0.3, 0.4) is 0 Å². The van der Waals surface area contributed by atoms with Crippen molar-refractivity contribution in [1.82, 2.24) is 9.78 Å². The summed E-state index contributed by atoms with van der Waals surface area (Å²) < 4.78 is 1.50. The van der Waals surface area contributed by atoms with E-state index in [0.29, 0.717) is 23.0 Å². The summed E-state index contributed by atoms with van der Waals surface area (Å²) >= 11 is 7.72. The average Bonchev–Trinajstić information content (AvgIpc) is 3.30. The van der Waals surface area contributed by atoms with Gasteiger partial charge in [-0.05, 0) is 18.2 Å². The number of hydrogen-bond donors (Lipinski definition) is 1. The first-order chi connectivity index (χ1) is 14.3. The van der Waals surface area contributed by atoms with Gasteiger partial charge in [-0.2, -0.15) is 16.9 Å². The van der Waals surface area contributed by atoms with Gasteiger partial charge in [0.15, 0.2) is 0 Å². The zero-order chi connectivity index (χ0) is 21.4. The zero-order valence-electron chi connectivity index (χ0n) is 15.1. The third-order valence-electron chi connectivity index (χ3n) is 4.49. The Morgan fingerprint density at radius 1 is 1.07 bits per heavy atom. The zero-order valence-corrected chi connectivity index (χ0v) is 16.6. The van der Waals surface area contributed by atoms with Crippen molar-refractivity contribution >= 4 is 46.5 Å². The molecule has 4 rings (SSSR count). The standard InChI is InChI=1S/C18H12ClN5O5S/c19-15-6-5-12(24(28)29)7-13(15)18(25)20-17-14-8-30-9-16(14)21-22(17)10-1-3-11(4-2-10)23(26)27/h1-7H,8-9H2,(H,20,25). The number of non-ortho nitro benzene ring substituents is 2. The second-order valence-electron chi connectivity index (χ2n) is 6.33. The number of nitrogens with zero attached hydrogens (tertiary/aromatic N) is 4. The van der Waals surface area contributed by atoms with Crippen LogP contribution in [0.2, 0.25) is 5.02 Å². The number of aromatic nitrogens is 2. The minimum atomic E-state index is -0.619. The summed E-state index contributed by atoms with van der Waals surface area (Å²) in [5.41, 5.74) is 1.78. The number of amides is 1. The highest BCUT2D eigenvalue weighted by Gasteiger charge is 2.26. The van der Waals surface area contributed by atoms with Crippen LogP contribution < -0.4 is 5.32 Å². The first kappa shape index (κ1) is 19.9. The summed E-state index contributed by atoms with van der Waals surface area (Å²) in [6.07, 6.45) is 0. The topological polar surface area (TPSA) is 133 Å². The Balaban J connectivity index is 1.73. The van der Waals surface area contributed by atoms with Gasteiger partial charge in [0.05, 0.1) is 31.8 Å². The number of rotatable bonds is 5. The number of anilines is 1. The van der Waals surface area contributed by atoms with Crippen LogP contribution in [0.1, 0.15) is 21.6 Å². The number of benzene rings is 2. The second-order valence-corrected chi connectivity index (χ2v) is 7.72. The lowest BCUT2D eigenvalue weighted by atomic mass is 10.2. The fourth-order valence-corrected chi connectivity index (χ4v) is 4.26. The number of hydrogen-bond acceptors (Lipinski definition) is 7. The van der Waals surface area contributed by atoms with Crippen LogP contribution in [-0.2, 0) is 11.5 Å². The van der Waals surface area contributed by atoms with Crippen LogP contribution in [0.15, 0.2) is 42.5 Å². The van der Waals surface area contributed by atoms with Crippen molar-refractivity contribution in [3.05, 3.63) is 84.5 Å². The Kier molecular flexibility index (Phi) is 5.14. The molecule has 0 aliphatic carbocycles. The van der Waals surface area contributed by atoms with Gasteiger partial charge < -0.3 is 5.32 Å². The third kappa shape index (κ3) is 3.60. The van der Waals surface area contributed by atoms with Crippen molar-refractivity contribution in [2.75, 3.05) is 5.32 Å². The van der Waals surface area contributed by atoms with Crippen molar-refractivity contribution in [3.63, 3.8) is 0 Å². The number of nitrogens with one attached hydrogen (secondary N) is 1. The van der Waals surface area contributed by atoms with E-state index in [1.165, 1.54) is 41.1 Å². The van der Waals surface area contributed by atoms with Crippen molar-refractivity contribution in [1.29, 1.82) is 0 Å². The highest BCUT2D eigenvalue weighted by Crippen LogP contribution is 2.36. The van der Waals surface area contributed by atoms with Crippen LogP contribution in [0.5, 0.6) is 0 Å². The smallest absolute Gasteiger partial charge is 0.270 e. The molecule has 0 atom stereocenters. The molecular formula is C18H12ClN5O5S. The highest BCUT2D eigenvalue weighted by atomic mass is 35.5. The molecular weight excluding hydrogens is 434 g/mol. The lowest BCUT2D eigenvalue weighted by molar-refractivity contribution is -0.385. The third-order valence-corrected chi connectivity index (χ3v) is 5.79. The maximum Gasteiger partial charge on any atom is 0.270 e. The van der Waals surface area contributed by atoms with E-state index in [4.69, 9.17) is 11.6 Å². The van der Waals surface area contributed by atoms with E-state index in [-0.39, 0.29) is 22.0 Å². The number of carbonyl (C=O) groups is 1. The number of fused-ring (bicyclic) bond motifs is 1. The monoisotopic (exact) mass is 445 g/mol. The van der Waals surface area contributed by atoms with Crippen LogP contribution in [0.25, 0.3) is 5.69 Å². The summed E-state index contributed by atoms with van der Waals surface area (Å²) in [4.78, 5) is 33.7. The van der Waals surface area contributed by atoms with Gasteiger partial charge in [0.25, 0.3) is 17.3 Å². The van der Waals surface area contributed by atoms with E-state index < -0.39 is 15.8 Å². The Hall–Kier alpha value is -3.44. The molecule has 2 heterocycles. The Bertz CT molecular complexity index is 1190. The quantitative estimate of drug-likeness (QED) is 0.456. The van der Waals surface area contributed by atoms with E-state index in [1.807, 2.05) is 0 Å². The van der Waals surface area contributed by atoms with Gasteiger partial charge in [-0.15, -0.1) is 0 Å². The minimum Gasteiger partial charge on any atom is -0.306 e. The van der Waals surface area contributed by atoms with Crippen LogP contribution >= 0.6 is 23.4 Å². The Labute approximate surface area is 178 Å². The molecule has 1 amide bonds. The lowest BCUT2D eigenvalue weighted by Crippen LogP contribution is -2.17. The van der Waals surface area contributed by atoms with Gasteiger partial charge in [-0.25, -0.2) is 4.68 Å². The maximum atomic E-state index is 12.9. The van der Waals surface area contributed by atoms with Crippen molar-refractivity contribution in [3.8, 4) is 5.69 Å². The van der Waals surface area contributed by atoms with Crippen LogP contribution in [0.4, 0.5) is 17.2 Å². The molecule has 0 fully saturated rings. The number of halogens is 1. The summed E-state index contributed by atoms with van der Waals surface area (Å²) in [5.74, 6) is 1.07. The van der Waals surface area contributed by atoms with Crippen molar-refractivity contribution in [2.45, 2.75) is 11.5 Å². The molecule has 1 N–H and O–H groups in total. The summed E-state index contributed by atoms with van der Waals surface area (Å²) in [6.45, 7) is 0. The second kappa shape index (κ2) is 7.76. The molecule has 0 saturated carbocycles. The molecule has 0 saturated heterocycles. The van der Waals surface area contributed by atoms with Gasteiger partial charge >= 0.3 is 0 Å². The first-order valence-electron chi connectivity index (χ1n) is 8.54.